The molecule has 274 valence electrons. The van der Waals surface area contributed by atoms with E-state index in [1.54, 1.807) is 48.6 Å². The lowest BCUT2D eigenvalue weighted by Crippen LogP contribution is -2.58. The van der Waals surface area contributed by atoms with Crippen LogP contribution in [-0.4, -0.2) is 93.2 Å². The van der Waals surface area contributed by atoms with Gasteiger partial charge in [-0.15, -0.1) is 13.2 Å². The number of carbonyl (C=O) groups excluding carboxylic acids is 4. The van der Waals surface area contributed by atoms with Gasteiger partial charge in [0.15, 0.2) is 0 Å². The van der Waals surface area contributed by atoms with E-state index in [2.05, 4.69) is 56.8 Å². The molecule has 0 heterocycles. The Kier molecular flexibility index (Phi) is 17.4. The zero-order valence-corrected chi connectivity index (χ0v) is 30.2. The maximum atomic E-state index is 13.6. The number of nitrogens with zero attached hydrogens (tertiary/aromatic N) is 2. The molecule has 2 aromatic rings. The number of amides is 4. The van der Waals surface area contributed by atoms with E-state index in [0.29, 0.717) is 24.3 Å². The fraction of sp³-hybridized carbons (Fsp3) is 0.405. The molecule has 4 amide bonds. The number of thiocarbonyl (C=S) groups is 1. The summed E-state index contributed by atoms with van der Waals surface area (Å²) in [7, 11) is 0. The predicted octanol–water partition coefficient (Wildman–Crippen LogP) is 3.06. The lowest BCUT2D eigenvalue weighted by molar-refractivity contribution is -0.142. The molecule has 6 N–H and O–H groups in total. The number of carbonyl (C=O) groups is 5. The summed E-state index contributed by atoms with van der Waals surface area (Å²) in [5, 5.41) is 32.1. The average Bonchev–Trinajstić information content (AvgIpc) is 3.07. The van der Waals surface area contributed by atoms with Crippen LogP contribution in [0.5, 0.6) is 5.75 Å². The van der Waals surface area contributed by atoms with Gasteiger partial charge in [-0.2, -0.15) is 4.99 Å². The summed E-state index contributed by atoms with van der Waals surface area (Å²) >= 11 is 4.64. The fourth-order valence-electron chi connectivity index (χ4n) is 5.15. The number of carboxylic acids is 1. The van der Waals surface area contributed by atoms with Crippen molar-refractivity contribution < 1.29 is 34.2 Å². The second-order valence-corrected chi connectivity index (χ2v) is 12.7. The summed E-state index contributed by atoms with van der Waals surface area (Å²) in [5.74, 6) is -3.64. The molecule has 13 nitrogen and oxygen atoms in total. The molecule has 0 aromatic heterocycles. The van der Waals surface area contributed by atoms with E-state index in [4.69, 9.17) is 0 Å². The van der Waals surface area contributed by atoms with Gasteiger partial charge in [-0.25, -0.2) is 4.79 Å². The second kappa shape index (κ2) is 21.1. The SMILES string of the molecule is C=CCN(CC=C)[C@@H](Cc1ccc(O)cc1)C(=O)NC(C)C(=O)NC(C)C(=O)N[C@@H](Cc1ccc(N=C=S)cc1)C(=O)N[C@@H](CC(C)C)C(=O)O. The fourth-order valence-corrected chi connectivity index (χ4v) is 5.25. The van der Waals surface area contributed by atoms with Crippen LogP contribution in [0.4, 0.5) is 5.69 Å². The Morgan fingerprint density at radius 3 is 1.76 bits per heavy atom. The molecule has 0 saturated carbocycles. The topological polar surface area (TPSA) is 190 Å². The first-order valence-electron chi connectivity index (χ1n) is 16.5. The summed E-state index contributed by atoms with van der Waals surface area (Å²) in [4.78, 5) is 71.1. The molecular formula is C37H48N6O7S. The number of aliphatic imine (C=N–C) groups is 1. The number of isothiocyanates is 1. The monoisotopic (exact) mass is 720 g/mol. The summed E-state index contributed by atoms with van der Waals surface area (Å²) in [5.41, 5.74) is 1.97. The highest BCUT2D eigenvalue weighted by molar-refractivity contribution is 7.78. The number of nitrogens with one attached hydrogen (secondary N) is 4. The third-order valence-electron chi connectivity index (χ3n) is 7.85. The molecular weight excluding hydrogens is 673 g/mol. The first kappa shape index (κ1) is 42.0. The zero-order valence-electron chi connectivity index (χ0n) is 29.4. The molecule has 2 rings (SSSR count). The Morgan fingerprint density at radius 2 is 1.25 bits per heavy atom. The molecule has 0 radical (unpaired) electrons. The zero-order chi connectivity index (χ0) is 38.1. The number of rotatable bonds is 21. The quantitative estimate of drug-likeness (QED) is 0.0640. The average molecular weight is 721 g/mol. The lowest BCUT2D eigenvalue weighted by Gasteiger charge is -2.30. The summed E-state index contributed by atoms with van der Waals surface area (Å²) in [6.07, 6.45) is 3.77. The molecule has 51 heavy (non-hydrogen) atoms. The standard InChI is InChI=1S/C37H48N6O7S/c1-7-17-43(18-8-2)32(21-27-11-15-29(44)16-12-27)36(48)40-24(5)33(45)39-25(6)34(46)41-30(20-26-9-13-28(14-10-26)38-22-51)35(47)42-31(37(49)50)19-23(3)4/h7-16,23-25,30-32,44H,1-2,17-21H2,3-6H3,(H,39,45)(H,40,48)(H,41,46)(H,42,47)(H,49,50)/t24?,25?,30-,31-,32-/m0/s1. The Bertz CT molecular complexity index is 1560. The van der Waals surface area contributed by atoms with Crippen LogP contribution in [0.2, 0.25) is 0 Å². The van der Waals surface area contributed by atoms with Crippen LogP contribution in [0.25, 0.3) is 0 Å². The number of phenolic OH excluding ortho intramolecular Hbond substituents is 1. The second-order valence-electron chi connectivity index (χ2n) is 12.5. The van der Waals surface area contributed by atoms with Gasteiger partial charge >= 0.3 is 5.97 Å². The van der Waals surface area contributed by atoms with Crippen LogP contribution in [-0.2, 0) is 36.8 Å². The van der Waals surface area contributed by atoms with E-state index in [1.807, 2.05) is 18.7 Å². The normalized spacial score (nSPS) is 13.8. The molecule has 0 fully saturated rings. The molecule has 0 aliphatic heterocycles. The van der Waals surface area contributed by atoms with Gasteiger partial charge in [-0.1, -0.05) is 50.3 Å². The van der Waals surface area contributed by atoms with Crippen LogP contribution in [0.15, 0.2) is 78.8 Å². The minimum absolute atomic E-state index is 0.00857. The molecule has 5 atom stereocenters. The van der Waals surface area contributed by atoms with Gasteiger partial charge in [0.2, 0.25) is 23.6 Å². The van der Waals surface area contributed by atoms with E-state index in [9.17, 15) is 34.2 Å². The van der Waals surface area contributed by atoms with Crippen molar-refractivity contribution in [3.05, 3.63) is 85.0 Å². The van der Waals surface area contributed by atoms with Crippen molar-refractivity contribution in [3.63, 3.8) is 0 Å². The molecule has 14 heteroatoms. The van der Waals surface area contributed by atoms with E-state index >= 15 is 0 Å². The van der Waals surface area contributed by atoms with Gasteiger partial charge < -0.3 is 31.5 Å². The van der Waals surface area contributed by atoms with Gasteiger partial charge in [-0.3, -0.25) is 24.1 Å². The van der Waals surface area contributed by atoms with E-state index < -0.39 is 59.8 Å². The first-order valence-corrected chi connectivity index (χ1v) is 16.9. The maximum absolute atomic E-state index is 13.6. The molecule has 0 aliphatic carbocycles. The van der Waals surface area contributed by atoms with Crippen molar-refractivity contribution in [2.24, 2.45) is 10.9 Å². The number of aliphatic carboxylic acids is 1. The Morgan fingerprint density at radius 1 is 0.765 bits per heavy atom. The minimum Gasteiger partial charge on any atom is -0.508 e. The smallest absolute Gasteiger partial charge is 0.326 e. The summed E-state index contributed by atoms with van der Waals surface area (Å²) < 4.78 is 0. The Balaban J connectivity index is 2.19. The third kappa shape index (κ3) is 14.3. The van der Waals surface area contributed by atoms with Crippen LogP contribution in [0.1, 0.15) is 45.2 Å². The third-order valence-corrected chi connectivity index (χ3v) is 7.94. The van der Waals surface area contributed by atoms with Crippen molar-refractivity contribution >= 4 is 52.7 Å². The number of benzene rings is 2. The molecule has 0 aliphatic rings. The van der Waals surface area contributed by atoms with Gasteiger partial charge in [0.05, 0.1) is 16.9 Å². The highest BCUT2D eigenvalue weighted by Crippen LogP contribution is 2.16. The van der Waals surface area contributed by atoms with Crippen molar-refractivity contribution in [1.82, 2.24) is 26.2 Å². The molecule has 2 aromatic carbocycles. The lowest BCUT2D eigenvalue weighted by atomic mass is 10.0. The molecule has 0 spiro atoms. The van der Waals surface area contributed by atoms with Gasteiger partial charge in [0.25, 0.3) is 0 Å². The van der Waals surface area contributed by atoms with E-state index in [-0.39, 0.29) is 30.9 Å². The largest absolute Gasteiger partial charge is 0.508 e. The van der Waals surface area contributed by atoms with Crippen molar-refractivity contribution in [3.8, 4) is 5.75 Å². The number of phenols is 1. The van der Waals surface area contributed by atoms with Gasteiger partial charge in [-0.05, 0) is 80.2 Å². The van der Waals surface area contributed by atoms with Gasteiger partial charge in [0.1, 0.15) is 29.9 Å². The predicted molar refractivity (Wildman–Crippen MR) is 199 cm³/mol. The van der Waals surface area contributed by atoms with Crippen molar-refractivity contribution in [1.29, 1.82) is 0 Å². The summed E-state index contributed by atoms with van der Waals surface area (Å²) in [6, 6.07) is 7.88. The van der Waals surface area contributed by atoms with Crippen molar-refractivity contribution in [2.45, 2.75) is 77.2 Å². The Labute approximate surface area is 304 Å². The van der Waals surface area contributed by atoms with E-state index in [0.717, 1.165) is 5.56 Å². The maximum Gasteiger partial charge on any atom is 0.326 e. The Hall–Kier alpha value is -5.17. The number of carboxylic acid groups (broad SMARTS) is 1. The van der Waals surface area contributed by atoms with Crippen LogP contribution < -0.4 is 21.3 Å². The molecule has 2 unspecified atom stereocenters. The number of aromatic hydroxyl groups is 1. The molecule has 0 bridgehead atoms. The van der Waals surface area contributed by atoms with E-state index in [1.165, 1.54) is 26.0 Å². The number of hydrogen-bond donors (Lipinski definition) is 6. The highest BCUT2D eigenvalue weighted by Gasteiger charge is 2.31. The highest BCUT2D eigenvalue weighted by atomic mass is 32.1. The summed E-state index contributed by atoms with van der Waals surface area (Å²) in [6.45, 7) is 14.8. The van der Waals surface area contributed by atoms with Crippen molar-refractivity contribution in [2.75, 3.05) is 13.1 Å². The molecule has 0 saturated heterocycles. The number of hydrogen-bond acceptors (Lipinski definition) is 9. The minimum atomic E-state index is -1.21. The van der Waals surface area contributed by atoms with Crippen LogP contribution >= 0.6 is 12.2 Å². The van der Waals surface area contributed by atoms with Crippen LogP contribution in [0.3, 0.4) is 0 Å². The first-order chi connectivity index (χ1) is 24.2. The van der Waals surface area contributed by atoms with Gasteiger partial charge in [0, 0.05) is 19.5 Å². The van der Waals surface area contributed by atoms with Crippen LogP contribution in [0, 0.1) is 5.92 Å².